The quantitative estimate of drug-likeness (QED) is 0.592. The molecule has 0 saturated heterocycles. The molecular formula is C11H22O5. The van der Waals surface area contributed by atoms with Gasteiger partial charge in [-0.3, -0.25) is 4.79 Å². The smallest absolute Gasteiger partial charge is 0.158 e. The summed E-state index contributed by atoms with van der Waals surface area (Å²) >= 11 is 0. The lowest BCUT2D eigenvalue weighted by Gasteiger charge is -2.15. The van der Waals surface area contributed by atoms with Gasteiger partial charge in [0, 0.05) is 20.6 Å². The number of carbonyl (C=O) groups is 1. The second-order valence-electron chi connectivity index (χ2n) is 3.76. The number of hydrogen-bond acceptors (Lipinski definition) is 5. The lowest BCUT2D eigenvalue weighted by Crippen LogP contribution is -2.23. The van der Waals surface area contributed by atoms with E-state index >= 15 is 0 Å². The molecule has 0 aromatic rings. The van der Waals surface area contributed by atoms with E-state index < -0.39 is 6.10 Å². The van der Waals surface area contributed by atoms with Crippen molar-refractivity contribution in [3.8, 4) is 0 Å². The number of Topliss-reactive ketones (excluding diaryl/α,β-unsaturated/α-hetero) is 1. The van der Waals surface area contributed by atoms with E-state index in [0.717, 1.165) is 0 Å². The molecule has 0 amide bonds. The van der Waals surface area contributed by atoms with Gasteiger partial charge in [-0.2, -0.15) is 0 Å². The fourth-order valence-corrected chi connectivity index (χ4v) is 1.20. The van der Waals surface area contributed by atoms with Gasteiger partial charge in [0.1, 0.15) is 6.61 Å². The molecule has 5 nitrogen and oxygen atoms in total. The third-order valence-corrected chi connectivity index (χ3v) is 2.04. The van der Waals surface area contributed by atoms with Crippen LogP contribution in [0.4, 0.5) is 0 Å². The molecule has 0 spiro atoms. The van der Waals surface area contributed by atoms with Gasteiger partial charge < -0.3 is 19.3 Å². The van der Waals surface area contributed by atoms with Crippen molar-refractivity contribution in [3.05, 3.63) is 0 Å². The first kappa shape index (κ1) is 15.5. The molecule has 0 aromatic heterocycles. The van der Waals surface area contributed by atoms with Crippen molar-refractivity contribution in [2.24, 2.45) is 0 Å². The lowest BCUT2D eigenvalue weighted by atomic mass is 10.1. The molecule has 16 heavy (non-hydrogen) atoms. The molecule has 0 aliphatic heterocycles. The molecule has 0 heterocycles. The predicted molar refractivity (Wildman–Crippen MR) is 59.4 cm³/mol. The second kappa shape index (κ2) is 9.72. The fourth-order valence-electron chi connectivity index (χ4n) is 1.20. The minimum atomic E-state index is -0.611. The Morgan fingerprint density at radius 1 is 1.25 bits per heavy atom. The van der Waals surface area contributed by atoms with Crippen molar-refractivity contribution in [2.45, 2.75) is 32.0 Å². The zero-order valence-electron chi connectivity index (χ0n) is 10.3. The molecule has 0 rings (SSSR count). The van der Waals surface area contributed by atoms with Gasteiger partial charge in [-0.1, -0.05) is 0 Å². The standard InChI is InChI=1S/C11H22O5/c1-9(6-14-2)16-8-11(13)5-4-10(12)7-15-3/h9,11,13H,4-8H2,1-3H3. The number of ether oxygens (including phenoxy) is 3. The monoisotopic (exact) mass is 234 g/mol. The van der Waals surface area contributed by atoms with E-state index in [1.165, 1.54) is 7.11 Å². The normalized spacial score (nSPS) is 14.8. The van der Waals surface area contributed by atoms with Gasteiger partial charge in [-0.15, -0.1) is 0 Å². The lowest BCUT2D eigenvalue weighted by molar-refractivity contribution is -0.123. The predicted octanol–water partition coefficient (Wildman–Crippen LogP) is 0.395. The van der Waals surface area contributed by atoms with Gasteiger partial charge in [0.2, 0.25) is 0 Å². The molecule has 0 saturated carbocycles. The molecule has 0 radical (unpaired) electrons. The van der Waals surface area contributed by atoms with Crippen LogP contribution in [0.25, 0.3) is 0 Å². The third-order valence-electron chi connectivity index (χ3n) is 2.04. The SMILES string of the molecule is COCC(=O)CCC(O)COC(C)COC. The average molecular weight is 234 g/mol. The van der Waals surface area contributed by atoms with Crippen LogP contribution in [-0.4, -0.2) is 57.1 Å². The largest absolute Gasteiger partial charge is 0.391 e. The van der Waals surface area contributed by atoms with Crippen molar-refractivity contribution in [3.63, 3.8) is 0 Å². The van der Waals surface area contributed by atoms with Crippen LogP contribution < -0.4 is 0 Å². The minimum absolute atomic E-state index is 0.00788. The molecule has 0 aromatic carbocycles. The maximum absolute atomic E-state index is 11.1. The Morgan fingerprint density at radius 3 is 2.50 bits per heavy atom. The highest BCUT2D eigenvalue weighted by molar-refractivity contribution is 5.79. The zero-order valence-corrected chi connectivity index (χ0v) is 10.3. The van der Waals surface area contributed by atoms with E-state index in [1.54, 1.807) is 7.11 Å². The number of hydrogen-bond donors (Lipinski definition) is 1. The number of rotatable bonds is 10. The van der Waals surface area contributed by atoms with Crippen molar-refractivity contribution in [1.29, 1.82) is 0 Å². The highest BCUT2D eigenvalue weighted by atomic mass is 16.5. The van der Waals surface area contributed by atoms with Crippen LogP contribution in [-0.2, 0) is 19.0 Å². The van der Waals surface area contributed by atoms with Gasteiger partial charge in [-0.05, 0) is 13.3 Å². The summed E-state index contributed by atoms with van der Waals surface area (Å²) in [4.78, 5) is 11.1. The first-order chi connectivity index (χ1) is 7.60. The second-order valence-corrected chi connectivity index (χ2v) is 3.76. The number of methoxy groups -OCH3 is 2. The number of carbonyl (C=O) groups excluding carboxylic acids is 1. The summed E-state index contributed by atoms with van der Waals surface area (Å²) in [5, 5.41) is 9.52. The molecule has 0 aliphatic rings. The molecule has 96 valence electrons. The molecule has 2 unspecified atom stereocenters. The van der Waals surface area contributed by atoms with Gasteiger partial charge in [-0.25, -0.2) is 0 Å². The van der Waals surface area contributed by atoms with Crippen LogP contribution in [0.1, 0.15) is 19.8 Å². The van der Waals surface area contributed by atoms with Crippen LogP contribution in [0.2, 0.25) is 0 Å². The first-order valence-electron chi connectivity index (χ1n) is 5.39. The summed E-state index contributed by atoms with van der Waals surface area (Å²) in [5.74, 6) is -0.00788. The van der Waals surface area contributed by atoms with E-state index in [4.69, 9.17) is 9.47 Å². The molecule has 0 fully saturated rings. The maximum atomic E-state index is 11.1. The van der Waals surface area contributed by atoms with Gasteiger partial charge in [0.15, 0.2) is 5.78 Å². The molecule has 0 bridgehead atoms. The third kappa shape index (κ3) is 8.79. The molecular weight excluding hydrogens is 212 g/mol. The zero-order chi connectivity index (χ0) is 12.4. The average Bonchev–Trinajstić information content (AvgIpc) is 2.24. The summed E-state index contributed by atoms with van der Waals surface area (Å²) in [7, 11) is 3.07. The van der Waals surface area contributed by atoms with E-state index in [2.05, 4.69) is 4.74 Å². The highest BCUT2D eigenvalue weighted by Crippen LogP contribution is 2.01. The summed E-state index contributed by atoms with van der Waals surface area (Å²) < 4.78 is 14.9. The van der Waals surface area contributed by atoms with Crippen LogP contribution in [0.15, 0.2) is 0 Å². The fraction of sp³-hybridized carbons (Fsp3) is 0.909. The van der Waals surface area contributed by atoms with Crippen LogP contribution in [0.3, 0.4) is 0 Å². The molecule has 2 atom stereocenters. The van der Waals surface area contributed by atoms with E-state index in [-0.39, 0.29) is 25.1 Å². The van der Waals surface area contributed by atoms with Crippen LogP contribution in [0, 0.1) is 0 Å². The summed E-state index contributed by atoms with van der Waals surface area (Å²) in [6.07, 6.45) is 0.0632. The van der Waals surface area contributed by atoms with Crippen LogP contribution >= 0.6 is 0 Å². The number of ketones is 1. The van der Waals surface area contributed by atoms with Crippen LogP contribution in [0.5, 0.6) is 0 Å². The summed E-state index contributed by atoms with van der Waals surface area (Å²) in [6.45, 7) is 2.69. The summed E-state index contributed by atoms with van der Waals surface area (Å²) in [6, 6.07) is 0. The number of aliphatic hydroxyl groups is 1. The summed E-state index contributed by atoms with van der Waals surface area (Å²) in [5.41, 5.74) is 0. The van der Waals surface area contributed by atoms with Gasteiger partial charge in [0.25, 0.3) is 0 Å². The highest BCUT2D eigenvalue weighted by Gasteiger charge is 2.10. The van der Waals surface area contributed by atoms with E-state index in [9.17, 15) is 9.90 Å². The van der Waals surface area contributed by atoms with Crippen molar-refractivity contribution < 1.29 is 24.1 Å². The molecule has 0 aliphatic carbocycles. The topological polar surface area (TPSA) is 65.0 Å². The Bertz CT molecular complexity index is 183. The maximum Gasteiger partial charge on any atom is 0.158 e. The van der Waals surface area contributed by atoms with Crippen molar-refractivity contribution in [2.75, 3.05) is 34.0 Å². The molecule has 1 N–H and O–H groups in total. The Morgan fingerprint density at radius 2 is 1.94 bits per heavy atom. The van der Waals surface area contributed by atoms with Gasteiger partial charge in [0.05, 0.1) is 25.4 Å². The molecule has 5 heteroatoms. The number of aliphatic hydroxyl groups excluding tert-OH is 1. The van der Waals surface area contributed by atoms with Crippen molar-refractivity contribution >= 4 is 5.78 Å². The Balaban J connectivity index is 3.50. The minimum Gasteiger partial charge on any atom is -0.391 e. The van der Waals surface area contributed by atoms with Crippen molar-refractivity contribution in [1.82, 2.24) is 0 Å². The Labute approximate surface area is 96.7 Å². The Kier molecular flexibility index (Phi) is 9.42. The van der Waals surface area contributed by atoms with E-state index in [1.807, 2.05) is 6.92 Å². The Hall–Kier alpha value is -0.490. The van der Waals surface area contributed by atoms with E-state index in [0.29, 0.717) is 19.4 Å². The first-order valence-corrected chi connectivity index (χ1v) is 5.39. The van der Waals surface area contributed by atoms with Gasteiger partial charge >= 0.3 is 0 Å².